The minimum atomic E-state index is -0.295. The van der Waals surface area contributed by atoms with Crippen LogP contribution in [-0.4, -0.2) is 16.4 Å². The smallest absolute Gasteiger partial charge is 0.295 e. The average molecular weight is 301 g/mol. The summed E-state index contributed by atoms with van der Waals surface area (Å²) in [7, 11) is 0. The molecule has 0 fully saturated rings. The van der Waals surface area contributed by atoms with Crippen LogP contribution >= 0.6 is 0 Å². The molecule has 0 aliphatic carbocycles. The first kappa shape index (κ1) is 17.5. The number of benzene rings is 1. The van der Waals surface area contributed by atoms with Gasteiger partial charge in [0.15, 0.2) is 5.69 Å². The maximum absolute atomic E-state index is 11.9. The number of oxazole rings is 1. The van der Waals surface area contributed by atoms with Crippen LogP contribution in [0.25, 0.3) is 0 Å². The van der Waals surface area contributed by atoms with Crippen LogP contribution in [0.3, 0.4) is 0 Å². The molecule has 0 unspecified atom stereocenters. The molecule has 1 aromatic carbocycles. The van der Waals surface area contributed by atoms with Gasteiger partial charge in [0, 0.05) is 11.2 Å². The van der Waals surface area contributed by atoms with Crippen LogP contribution in [0, 0.1) is 0 Å². The summed E-state index contributed by atoms with van der Waals surface area (Å²) in [4.78, 5) is 16.0. The Hall–Kier alpha value is -2.56. The minimum Gasteiger partial charge on any atom is -0.431 e. The van der Waals surface area contributed by atoms with Gasteiger partial charge in [-0.1, -0.05) is 24.3 Å². The summed E-state index contributed by atoms with van der Waals surface area (Å²) in [5, 5.41) is 5.81. The second-order valence-electron chi connectivity index (χ2n) is 5.64. The zero-order chi connectivity index (χ0) is 16.6. The first-order chi connectivity index (χ1) is 10.4. The van der Waals surface area contributed by atoms with Gasteiger partial charge in [0.1, 0.15) is 6.26 Å². The molecular weight excluding hydrogens is 278 g/mol. The van der Waals surface area contributed by atoms with E-state index in [0.29, 0.717) is 6.01 Å². The molecule has 2 N–H and O–H groups in total. The van der Waals surface area contributed by atoms with E-state index in [1.165, 1.54) is 6.26 Å². The number of amides is 1. The number of anilines is 2. The number of aromatic nitrogens is 1. The summed E-state index contributed by atoms with van der Waals surface area (Å²) in [5.41, 5.74) is 0.800. The van der Waals surface area contributed by atoms with Crippen molar-refractivity contribution < 1.29 is 9.21 Å². The summed E-state index contributed by atoms with van der Waals surface area (Å²) < 4.78 is 5.22. The standard InChI is InChI=1S/C14H17N3O2.C3H6/c1-14(2,3)17-13-16-11(9-19-13)12(18)15-10-7-5-4-6-8-10;1-3-2/h4-9H,1-3H3,(H,15,18)(H,16,17);3H,1H2,2H3. The number of nitrogens with zero attached hydrogens (tertiary/aromatic N) is 1. The van der Waals surface area contributed by atoms with Crippen LogP contribution in [0.4, 0.5) is 11.7 Å². The third kappa shape index (κ3) is 6.26. The lowest BCUT2D eigenvalue weighted by Gasteiger charge is -2.18. The Balaban J connectivity index is 0.000000745. The minimum absolute atomic E-state index is 0.169. The Bertz CT molecular complexity index is 598. The zero-order valence-electron chi connectivity index (χ0n) is 13.5. The maximum atomic E-state index is 11.9. The van der Waals surface area contributed by atoms with E-state index in [2.05, 4.69) is 22.2 Å². The molecule has 2 rings (SSSR count). The monoisotopic (exact) mass is 301 g/mol. The summed E-state index contributed by atoms with van der Waals surface area (Å²) >= 11 is 0. The first-order valence-corrected chi connectivity index (χ1v) is 7.03. The average Bonchev–Trinajstić information content (AvgIpc) is 2.87. The van der Waals surface area contributed by atoms with Crippen molar-refractivity contribution in [3.8, 4) is 0 Å². The molecule has 0 atom stereocenters. The molecule has 1 aromatic heterocycles. The maximum Gasteiger partial charge on any atom is 0.295 e. The van der Waals surface area contributed by atoms with Gasteiger partial charge in [-0.05, 0) is 39.8 Å². The Morgan fingerprint density at radius 1 is 1.27 bits per heavy atom. The summed E-state index contributed by atoms with van der Waals surface area (Å²) in [6, 6.07) is 9.55. The summed E-state index contributed by atoms with van der Waals surface area (Å²) in [5.74, 6) is -0.295. The Morgan fingerprint density at radius 2 is 1.86 bits per heavy atom. The Morgan fingerprint density at radius 3 is 2.41 bits per heavy atom. The molecule has 1 amide bonds. The molecule has 0 bridgehead atoms. The van der Waals surface area contributed by atoms with E-state index >= 15 is 0 Å². The van der Waals surface area contributed by atoms with Crippen LogP contribution < -0.4 is 10.6 Å². The largest absolute Gasteiger partial charge is 0.431 e. The highest BCUT2D eigenvalue weighted by molar-refractivity contribution is 6.02. The third-order valence-corrected chi connectivity index (χ3v) is 2.25. The lowest BCUT2D eigenvalue weighted by Crippen LogP contribution is -2.26. The first-order valence-electron chi connectivity index (χ1n) is 7.03. The number of para-hydroxylation sites is 1. The Kier molecular flexibility index (Phi) is 6.38. The van der Waals surface area contributed by atoms with Gasteiger partial charge >= 0.3 is 0 Å². The number of carbonyl (C=O) groups is 1. The lowest BCUT2D eigenvalue weighted by molar-refractivity contribution is 0.102. The zero-order valence-corrected chi connectivity index (χ0v) is 13.5. The fraction of sp³-hybridized carbons (Fsp3) is 0.294. The van der Waals surface area contributed by atoms with Crippen LogP contribution in [0.2, 0.25) is 0 Å². The second-order valence-corrected chi connectivity index (χ2v) is 5.64. The summed E-state index contributed by atoms with van der Waals surface area (Å²) in [6.45, 7) is 11.2. The highest BCUT2D eigenvalue weighted by Crippen LogP contribution is 2.15. The third-order valence-electron chi connectivity index (χ3n) is 2.25. The van der Waals surface area contributed by atoms with E-state index in [4.69, 9.17) is 4.42 Å². The van der Waals surface area contributed by atoms with Crippen LogP contribution in [0.15, 0.2) is 53.7 Å². The van der Waals surface area contributed by atoms with Crippen molar-refractivity contribution in [3.63, 3.8) is 0 Å². The highest BCUT2D eigenvalue weighted by atomic mass is 16.4. The van der Waals surface area contributed by atoms with Crippen molar-refractivity contribution in [2.45, 2.75) is 33.2 Å². The molecule has 5 heteroatoms. The van der Waals surface area contributed by atoms with Gasteiger partial charge in [-0.3, -0.25) is 4.79 Å². The topological polar surface area (TPSA) is 67.2 Å². The van der Waals surface area contributed by atoms with Gasteiger partial charge in [-0.25, -0.2) is 0 Å². The molecular formula is C17H23N3O2. The molecule has 0 saturated heterocycles. The van der Waals surface area contributed by atoms with Crippen LogP contribution in [0.1, 0.15) is 38.2 Å². The fourth-order valence-corrected chi connectivity index (χ4v) is 1.47. The number of allylic oxidation sites excluding steroid dienone is 1. The molecule has 0 aliphatic heterocycles. The number of nitrogens with one attached hydrogen (secondary N) is 2. The SMILES string of the molecule is C=CC.CC(C)(C)Nc1nc(C(=O)Nc2ccccc2)co1. The molecule has 0 aliphatic rings. The van der Waals surface area contributed by atoms with E-state index in [1.54, 1.807) is 6.08 Å². The molecule has 22 heavy (non-hydrogen) atoms. The van der Waals surface area contributed by atoms with Gasteiger partial charge in [0.2, 0.25) is 0 Å². The molecule has 1 heterocycles. The van der Waals surface area contributed by atoms with E-state index in [-0.39, 0.29) is 17.1 Å². The fourth-order valence-electron chi connectivity index (χ4n) is 1.47. The number of hydrogen-bond donors (Lipinski definition) is 2. The van der Waals surface area contributed by atoms with Crippen molar-refractivity contribution in [1.29, 1.82) is 0 Å². The van der Waals surface area contributed by atoms with Crippen LogP contribution in [0.5, 0.6) is 0 Å². The van der Waals surface area contributed by atoms with Crippen molar-refractivity contribution in [2.75, 3.05) is 10.6 Å². The van der Waals surface area contributed by atoms with E-state index < -0.39 is 0 Å². The van der Waals surface area contributed by atoms with E-state index in [0.717, 1.165) is 5.69 Å². The van der Waals surface area contributed by atoms with Crippen LogP contribution in [-0.2, 0) is 0 Å². The number of carbonyl (C=O) groups excluding carboxylic acids is 1. The highest BCUT2D eigenvalue weighted by Gasteiger charge is 2.16. The summed E-state index contributed by atoms with van der Waals surface area (Å²) in [6.07, 6.45) is 3.09. The van der Waals surface area contributed by atoms with Gasteiger partial charge in [0.05, 0.1) is 0 Å². The predicted molar refractivity (Wildman–Crippen MR) is 90.1 cm³/mol. The van der Waals surface area contributed by atoms with E-state index in [9.17, 15) is 4.79 Å². The molecule has 5 nitrogen and oxygen atoms in total. The van der Waals surface area contributed by atoms with Crippen molar-refractivity contribution in [3.05, 3.63) is 54.9 Å². The van der Waals surface area contributed by atoms with Crippen molar-refractivity contribution in [1.82, 2.24) is 4.98 Å². The van der Waals surface area contributed by atoms with Gasteiger partial charge < -0.3 is 15.1 Å². The molecule has 0 spiro atoms. The normalized spacial score (nSPS) is 10.2. The van der Waals surface area contributed by atoms with Gasteiger partial charge in [-0.2, -0.15) is 4.98 Å². The predicted octanol–water partition coefficient (Wildman–Crippen LogP) is 4.33. The van der Waals surface area contributed by atoms with Gasteiger partial charge in [0.25, 0.3) is 11.9 Å². The molecule has 0 saturated carbocycles. The van der Waals surface area contributed by atoms with Crippen molar-refractivity contribution >= 4 is 17.6 Å². The Labute approximate surface area is 131 Å². The van der Waals surface area contributed by atoms with Crippen molar-refractivity contribution in [2.24, 2.45) is 0 Å². The molecule has 118 valence electrons. The quantitative estimate of drug-likeness (QED) is 0.828. The lowest BCUT2D eigenvalue weighted by atomic mass is 10.1. The number of hydrogen-bond acceptors (Lipinski definition) is 4. The molecule has 0 radical (unpaired) electrons. The molecule has 2 aromatic rings. The van der Waals surface area contributed by atoms with Gasteiger partial charge in [-0.15, -0.1) is 6.58 Å². The van der Waals surface area contributed by atoms with E-state index in [1.807, 2.05) is 58.0 Å². The number of rotatable bonds is 3. The second kappa shape index (κ2) is 8.02.